The van der Waals surface area contributed by atoms with Crippen LogP contribution in [0.25, 0.3) is 0 Å². The Bertz CT molecular complexity index is 387. The van der Waals surface area contributed by atoms with E-state index in [2.05, 4.69) is 10.3 Å². The van der Waals surface area contributed by atoms with Crippen LogP contribution in [-0.4, -0.2) is 33.1 Å². The van der Waals surface area contributed by atoms with Crippen LogP contribution < -0.4 is 5.32 Å². The molecule has 6 nitrogen and oxygen atoms in total. The maximum absolute atomic E-state index is 11.5. The SMILES string of the molecule is Cn1cnc(C(=O)NCCCCCC(=O)O)c1. The first-order valence-corrected chi connectivity index (χ1v) is 5.57. The van der Waals surface area contributed by atoms with Gasteiger partial charge in [-0.05, 0) is 12.8 Å². The number of hydrogen-bond donors (Lipinski definition) is 2. The molecule has 6 heteroatoms. The van der Waals surface area contributed by atoms with Crippen LogP contribution in [0.5, 0.6) is 0 Å². The van der Waals surface area contributed by atoms with Gasteiger partial charge in [0.15, 0.2) is 0 Å². The van der Waals surface area contributed by atoms with E-state index in [9.17, 15) is 9.59 Å². The molecular weight excluding hydrogens is 222 g/mol. The summed E-state index contributed by atoms with van der Waals surface area (Å²) >= 11 is 0. The first-order valence-electron chi connectivity index (χ1n) is 5.57. The van der Waals surface area contributed by atoms with Gasteiger partial charge in [-0.2, -0.15) is 0 Å². The highest BCUT2D eigenvalue weighted by atomic mass is 16.4. The van der Waals surface area contributed by atoms with Crippen LogP contribution in [0.3, 0.4) is 0 Å². The second-order valence-electron chi connectivity index (χ2n) is 3.88. The van der Waals surface area contributed by atoms with Crippen molar-refractivity contribution in [3.8, 4) is 0 Å². The number of carbonyl (C=O) groups is 2. The minimum atomic E-state index is -0.775. The number of aromatic nitrogens is 2. The van der Waals surface area contributed by atoms with Gasteiger partial charge in [-0.25, -0.2) is 4.98 Å². The zero-order valence-electron chi connectivity index (χ0n) is 9.85. The average molecular weight is 239 g/mol. The highest BCUT2D eigenvalue weighted by Gasteiger charge is 2.06. The number of nitrogens with zero attached hydrogens (tertiary/aromatic N) is 2. The van der Waals surface area contributed by atoms with Crippen LogP contribution in [0.15, 0.2) is 12.5 Å². The van der Waals surface area contributed by atoms with Crippen molar-refractivity contribution < 1.29 is 14.7 Å². The number of amides is 1. The third kappa shape index (κ3) is 5.14. The molecule has 1 aromatic rings. The number of aliphatic carboxylic acids is 1. The summed E-state index contributed by atoms with van der Waals surface area (Å²) in [5.74, 6) is -0.966. The van der Waals surface area contributed by atoms with Crippen LogP contribution >= 0.6 is 0 Å². The monoisotopic (exact) mass is 239 g/mol. The van der Waals surface area contributed by atoms with Gasteiger partial charge in [0.1, 0.15) is 5.69 Å². The zero-order valence-corrected chi connectivity index (χ0v) is 9.85. The molecule has 17 heavy (non-hydrogen) atoms. The smallest absolute Gasteiger partial charge is 0.303 e. The Hall–Kier alpha value is -1.85. The molecule has 0 spiro atoms. The van der Waals surface area contributed by atoms with E-state index in [1.165, 1.54) is 0 Å². The van der Waals surface area contributed by atoms with Crippen molar-refractivity contribution in [1.29, 1.82) is 0 Å². The van der Waals surface area contributed by atoms with Gasteiger partial charge in [-0.15, -0.1) is 0 Å². The number of aryl methyl sites for hydroxylation is 1. The fraction of sp³-hybridized carbons (Fsp3) is 0.545. The zero-order chi connectivity index (χ0) is 12.7. The number of nitrogens with one attached hydrogen (secondary N) is 1. The summed E-state index contributed by atoms with van der Waals surface area (Å²) in [6, 6.07) is 0. The maximum atomic E-state index is 11.5. The summed E-state index contributed by atoms with van der Waals surface area (Å²) in [6.45, 7) is 0.551. The van der Waals surface area contributed by atoms with E-state index in [-0.39, 0.29) is 12.3 Å². The first kappa shape index (κ1) is 13.2. The molecule has 0 unspecified atom stereocenters. The van der Waals surface area contributed by atoms with E-state index >= 15 is 0 Å². The van der Waals surface area contributed by atoms with E-state index in [0.29, 0.717) is 18.7 Å². The maximum Gasteiger partial charge on any atom is 0.303 e. The molecule has 1 amide bonds. The molecule has 0 radical (unpaired) electrons. The summed E-state index contributed by atoms with van der Waals surface area (Å²) in [5, 5.41) is 11.2. The number of imidazole rings is 1. The summed E-state index contributed by atoms with van der Waals surface area (Å²) < 4.78 is 1.71. The lowest BCUT2D eigenvalue weighted by molar-refractivity contribution is -0.137. The van der Waals surface area contributed by atoms with Gasteiger partial charge in [0, 0.05) is 26.2 Å². The fourth-order valence-electron chi connectivity index (χ4n) is 1.40. The molecule has 0 fully saturated rings. The molecule has 1 aromatic heterocycles. The number of rotatable bonds is 7. The molecule has 0 atom stereocenters. The van der Waals surface area contributed by atoms with Crippen molar-refractivity contribution in [3.63, 3.8) is 0 Å². The van der Waals surface area contributed by atoms with Gasteiger partial charge in [-0.3, -0.25) is 9.59 Å². The summed E-state index contributed by atoms with van der Waals surface area (Å²) in [4.78, 5) is 25.7. The normalized spacial score (nSPS) is 10.2. The fourth-order valence-corrected chi connectivity index (χ4v) is 1.40. The molecule has 94 valence electrons. The van der Waals surface area contributed by atoms with Crippen molar-refractivity contribution in [2.75, 3.05) is 6.54 Å². The van der Waals surface area contributed by atoms with Crippen molar-refractivity contribution in [2.45, 2.75) is 25.7 Å². The van der Waals surface area contributed by atoms with Gasteiger partial charge in [-0.1, -0.05) is 6.42 Å². The summed E-state index contributed by atoms with van der Waals surface area (Å²) in [6.07, 6.45) is 5.64. The molecule has 0 aliphatic rings. The van der Waals surface area contributed by atoms with Crippen molar-refractivity contribution in [1.82, 2.24) is 14.9 Å². The molecule has 0 aromatic carbocycles. The molecule has 0 saturated carbocycles. The first-order chi connectivity index (χ1) is 8.09. The van der Waals surface area contributed by atoms with Gasteiger partial charge < -0.3 is 15.0 Å². The van der Waals surface area contributed by atoms with E-state index in [1.54, 1.807) is 24.1 Å². The quantitative estimate of drug-likeness (QED) is 0.689. The third-order valence-corrected chi connectivity index (χ3v) is 2.29. The molecular formula is C11H17N3O3. The standard InChI is InChI=1S/C11H17N3O3/c1-14-7-9(13-8-14)11(17)12-6-4-2-3-5-10(15)16/h7-8H,2-6H2,1H3,(H,12,17)(H,15,16). The average Bonchev–Trinajstić information content (AvgIpc) is 2.69. The van der Waals surface area contributed by atoms with Gasteiger partial charge in [0.05, 0.1) is 6.33 Å². The Morgan fingerprint density at radius 2 is 2.18 bits per heavy atom. The predicted molar refractivity (Wildman–Crippen MR) is 61.6 cm³/mol. The molecule has 0 aliphatic heterocycles. The number of carbonyl (C=O) groups excluding carboxylic acids is 1. The number of unbranched alkanes of at least 4 members (excludes halogenated alkanes) is 2. The Kier molecular flexibility index (Phi) is 5.19. The Balaban J connectivity index is 2.11. The van der Waals surface area contributed by atoms with Crippen molar-refractivity contribution >= 4 is 11.9 Å². The van der Waals surface area contributed by atoms with Gasteiger partial charge in [0.25, 0.3) is 5.91 Å². The van der Waals surface area contributed by atoms with Crippen LogP contribution in [0, 0.1) is 0 Å². The van der Waals surface area contributed by atoms with Crippen LogP contribution in [-0.2, 0) is 11.8 Å². The number of carboxylic acid groups (broad SMARTS) is 1. The molecule has 2 N–H and O–H groups in total. The van der Waals surface area contributed by atoms with Crippen molar-refractivity contribution in [3.05, 3.63) is 18.2 Å². The molecule has 1 heterocycles. The van der Waals surface area contributed by atoms with Gasteiger partial charge in [0.2, 0.25) is 0 Å². The second kappa shape index (κ2) is 6.67. The number of hydrogen-bond acceptors (Lipinski definition) is 3. The molecule has 1 rings (SSSR count). The van der Waals surface area contributed by atoms with Crippen LogP contribution in [0.4, 0.5) is 0 Å². The number of carboxylic acids is 1. The molecule has 0 saturated heterocycles. The Morgan fingerprint density at radius 3 is 2.76 bits per heavy atom. The Labute approximate surface area is 99.7 Å². The largest absolute Gasteiger partial charge is 0.481 e. The minimum Gasteiger partial charge on any atom is -0.481 e. The van der Waals surface area contributed by atoms with E-state index in [4.69, 9.17) is 5.11 Å². The lowest BCUT2D eigenvalue weighted by Gasteiger charge is -2.02. The highest BCUT2D eigenvalue weighted by Crippen LogP contribution is 1.99. The van der Waals surface area contributed by atoms with E-state index in [0.717, 1.165) is 12.8 Å². The molecule has 0 aliphatic carbocycles. The lowest BCUT2D eigenvalue weighted by Crippen LogP contribution is -2.24. The van der Waals surface area contributed by atoms with E-state index < -0.39 is 5.97 Å². The predicted octanol–water partition coefficient (Wildman–Crippen LogP) is 0.795. The summed E-state index contributed by atoms with van der Waals surface area (Å²) in [7, 11) is 1.80. The second-order valence-corrected chi connectivity index (χ2v) is 3.88. The highest BCUT2D eigenvalue weighted by molar-refractivity contribution is 5.91. The summed E-state index contributed by atoms with van der Waals surface area (Å²) in [5.41, 5.74) is 0.401. The van der Waals surface area contributed by atoms with Crippen LogP contribution in [0.2, 0.25) is 0 Å². The molecule has 0 bridgehead atoms. The third-order valence-electron chi connectivity index (χ3n) is 2.29. The van der Waals surface area contributed by atoms with Crippen molar-refractivity contribution in [2.24, 2.45) is 7.05 Å². The topological polar surface area (TPSA) is 84.2 Å². The van der Waals surface area contributed by atoms with Gasteiger partial charge >= 0.3 is 5.97 Å². The Morgan fingerprint density at radius 1 is 1.41 bits per heavy atom. The van der Waals surface area contributed by atoms with E-state index in [1.807, 2.05) is 0 Å². The van der Waals surface area contributed by atoms with Crippen LogP contribution in [0.1, 0.15) is 36.2 Å². The minimum absolute atomic E-state index is 0.189. The lowest BCUT2D eigenvalue weighted by atomic mass is 10.2.